The molecule has 0 radical (unpaired) electrons. The molecule has 2 nitrogen and oxygen atoms in total. The summed E-state index contributed by atoms with van der Waals surface area (Å²) in [5, 5.41) is 0. The van der Waals surface area contributed by atoms with Crippen LogP contribution in [0, 0.1) is 0 Å². The molecule has 0 heterocycles. The second kappa shape index (κ2) is 5.64. The van der Waals surface area contributed by atoms with Gasteiger partial charge in [0.15, 0.2) is 5.78 Å². The predicted octanol–water partition coefficient (Wildman–Crippen LogP) is 3.23. The van der Waals surface area contributed by atoms with Gasteiger partial charge < -0.3 is 5.73 Å². The van der Waals surface area contributed by atoms with Crippen LogP contribution in [0.1, 0.15) is 5.56 Å². The number of carbonyl (C=O) groups is 1. The van der Waals surface area contributed by atoms with Gasteiger partial charge in [0.05, 0.1) is 5.88 Å². The molecule has 1 rings (SSSR count). The van der Waals surface area contributed by atoms with E-state index in [0.717, 1.165) is 0 Å². The first-order valence-electron chi connectivity index (χ1n) is 4.53. The normalized spacial score (nSPS) is 11.5. The zero-order valence-corrected chi connectivity index (χ0v) is 10.1. The van der Waals surface area contributed by atoms with E-state index in [0.29, 0.717) is 5.56 Å². The number of ketones is 1. The van der Waals surface area contributed by atoms with E-state index in [9.17, 15) is 18.0 Å². The molecule has 0 atom stereocenters. The predicted molar refractivity (Wildman–Crippen MR) is 62.2 cm³/mol. The second-order valence-electron chi connectivity index (χ2n) is 3.27. The number of anilines is 1. The fraction of sp³-hybridized carbons (Fsp3) is 0.300. The monoisotopic (exact) mass is 283 g/mol. The smallest absolute Gasteiger partial charge is 0.398 e. The molecule has 1 aromatic rings. The largest absolute Gasteiger partial charge is 0.446 e. The highest BCUT2D eigenvalue weighted by molar-refractivity contribution is 8.00. The Kier molecular flexibility index (Phi) is 4.70. The number of halogens is 4. The number of thioether (sulfide) groups is 1. The summed E-state index contributed by atoms with van der Waals surface area (Å²) in [4.78, 5) is 11.0. The number of nitrogens with two attached hydrogens (primary N) is 1. The molecule has 0 bridgehead atoms. The third kappa shape index (κ3) is 4.87. The fourth-order valence-electron chi connectivity index (χ4n) is 1.20. The van der Waals surface area contributed by atoms with Gasteiger partial charge in [-0.15, -0.1) is 11.6 Å². The van der Waals surface area contributed by atoms with Crippen molar-refractivity contribution in [2.75, 3.05) is 11.6 Å². The topological polar surface area (TPSA) is 43.1 Å². The summed E-state index contributed by atoms with van der Waals surface area (Å²) >= 11 is 5.05. The van der Waals surface area contributed by atoms with E-state index in [1.807, 2.05) is 0 Å². The number of alkyl halides is 4. The first-order chi connectivity index (χ1) is 7.81. The van der Waals surface area contributed by atoms with Crippen LogP contribution >= 0.6 is 23.4 Å². The Labute approximate surface area is 105 Å². The molecule has 17 heavy (non-hydrogen) atoms. The highest BCUT2D eigenvalue weighted by Gasteiger charge is 2.30. The lowest BCUT2D eigenvalue weighted by Gasteiger charge is -2.09. The first-order valence-corrected chi connectivity index (χ1v) is 5.88. The van der Waals surface area contributed by atoms with Gasteiger partial charge in [0.1, 0.15) is 0 Å². The van der Waals surface area contributed by atoms with Crippen LogP contribution in [-0.2, 0) is 11.2 Å². The summed E-state index contributed by atoms with van der Waals surface area (Å²) in [6, 6.07) is 4.05. The maximum absolute atomic E-state index is 12.1. The fourth-order valence-corrected chi connectivity index (χ4v) is 1.86. The number of hydrogen-bond acceptors (Lipinski definition) is 3. The average molecular weight is 284 g/mol. The molecular weight excluding hydrogens is 275 g/mol. The van der Waals surface area contributed by atoms with Crippen molar-refractivity contribution in [3.8, 4) is 0 Å². The molecule has 94 valence electrons. The number of nitrogen functional groups attached to an aromatic ring is 1. The maximum atomic E-state index is 12.1. The molecule has 0 spiro atoms. The average Bonchev–Trinajstić information content (AvgIpc) is 2.20. The van der Waals surface area contributed by atoms with Crippen LogP contribution in [0.25, 0.3) is 0 Å². The van der Waals surface area contributed by atoms with E-state index in [1.54, 1.807) is 0 Å². The van der Waals surface area contributed by atoms with Crippen LogP contribution in [0.2, 0.25) is 0 Å². The van der Waals surface area contributed by atoms with E-state index in [1.165, 1.54) is 18.2 Å². The molecule has 0 fully saturated rings. The minimum absolute atomic E-state index is 0.00666. The lowest BCUT2D eigenvalue weighted by atomic mass is 10.1. The zero-order valence-electron chi connectivity index (χ0n) is 8.55. The third-order valence-electron chi connectivity index (χ3n) is 1.85. The SMILES string of the molecule is Nc1cc(CC(=O)CCl)ccc1SC(F)(F)F. The Morgan fingerprint density at radius 3 is 2.53 bits per heavy atom. The molecule has 0 aliphatic heterocycles. The van der Waals surface area contributed by atoms with E-state index < -0.39 is 5.51 Å². The highest BCUT2D eigenvalue weighted by atomic mass is 35.5. The molecular formula is C10H9ClF3NOS. The van der Waals surface area contributed by atoms with Crippen molar-refractivity contribution >= 4 is 34.8 Å². The van der Waals surface area contributed by atoms with Crippen molar-refractivity contribution in [2.24, 2.45) is 0 Å². The van der Waals surface area contributed by atoms with E-state index in [2.05, 4.69) is 0 Å². The van der Waals surface area contributed by atoms with Gasteiger partial charge in [-0.1, -0.05) is 6.07 Å². The second-order valence-corrected chi connectivity index (χ2v) is 4.64. The van der Waals surface area contributed by atoms with Gasteiger partial charge in [-0.25, -0.2) is 0 Å². The number of Topliss-reactive ketones (excluding diaryl/α,β-unsaturated/α-hetero) is 1. The van der Waals surface area contributed by atoms with Crippen molar-refractivity contribution in [2.45, 2.75) is 16.8 Å². The van der Waals surface area contributed by atoms with Gasteiger partial charge in [0.25, 0.3) is 0 Å². The maximum Gasteiger partial charge on any atom is 0.446 e. The van der Waals surface area contributed by atoms with Gasteiger partial charge in [-0.2, -0.15) is 13.2 Å². The highest BCUT2D eigenvalue weighted by Crippen LogP contribution is 2.39. The Hall–Kier alpha value is -0.880. The van der Waals surface area contributed by atoms with Crippen molar-refractivity contribution in [1.82, 2.24) is 0 Å². The van der Waals surface area contributed by atoms with E-state index >= 15 is 0 Å². The van der Waals surface area contributed by atoms with Crippen LogP contribution in [0.15, 0.2) is 23.1 Å². The lowest BCUT2D eigenvalue weighted by molar-refractivity contribution is -0.116. The van der Waals surface area contributed by atoms with Crippen molar-refractivity contribution in [3.63, 3.8) is 0 Å². The molecule has 1 aromatic carbocycles. The standard InChI is InChI=1S/C10H9ClF3NOS/c11-5-7(16)3-6-1-2-9(8(15)4-6)17-10(12,13)14/h1-2,4H,3,5,15H2. The van der Waals surface area contributed by atoms with Crippen LogP contribution in [-0.4, -0.2) is 17.2 Å². The Balaban J connectivity index is 2.83. The first kappa shape index (κ1) is 14.2. The molecule has 0 aliphatic carbocycles. The minimum Gasteiger partial charge on any atom is -0.398 e. The number of benzene rings is 1. The van der Waals surface area contributed by atoms with E-state index in [4.69, 9.17) is 17.3 Å². The number of carbonyl (C=O) groups excluding carboxylic acids is 1. The molecule has 0 amide bonds. The van der Waals surface area contributed by atoms with Gasteiger partial charge in [0, 0.05) is 17.0 Å². The summed E-state index contributed by atoms with van der Waals surface area (Å²) < 4.78 is 36.4. The van der Waals surface area contributed by atoms with Crippen LogP contribution in [0.5, 0.6) is 0 Å². The van der Waals surface area contributed by atoms with Gasteiger partial charge in [-0.3, -0.25) is 4.79 Å². The number of hydrogen-bond donors (Lipinski definition) is 1. The Morgan fingerprint density at radius 1 is 1.41 bits per heavy atom. The van der Waals surface area contributed by atoms with Crippen LogP contribution < -0.4 is 5.73 Å². The number of rotatable bonds is 4. The Bertz CT molecular complexity index is 423. The summed E-state index contributed by atoms with van der Waals surface area (Å²) in [7, 11) is 0. The van der Waals surface area contributed by atoms with Gasteiger partial charge in [-0.05, 0) is 29.5 Å². The molecule has 0 saturated carbocycles. The lowest BCUT2D eigenvalue weighted by Crippen LogP contribution is -2.05. The van der Waals surface area contributed by atoms with Crippen molar-refractivity contribution < 1.29 is 18.0 Å². The molecule has 0 unspecified atom stereocenters. The van der Waals surface area contributed by atoms with Crippen LogP contribution in [0.3, 0.4) is 0 Å². The van der Waals surface area contributed by atoms with Crippen molar-refractivity contribution in [1.29, 1.82) is 0 Å². The molecule has 0 aliphatic rings. The van der Waals surface area contributed by atoms with Gasteiger partial charge >= 0.3 is 5.51 Å². The summed E-state index contributed by atoms with van der Waals surface area (Å²) in [5.74, 6) is -0.332. The van der Waals surface area contributed by atoms with Crippen LogP contribution in [0.4, 0.5) is 18.9 Å². The molecule has 0 aromatic heterocycles. The van der Waals surface area contributed by atoms with Crippen molar-refractivity contribution in [3.05, 3.63) is 23.8 Å². The quantitative estimate of drug-likeness (QED) is 0.524. The summed E-state index contributed by atoms with van der Waals surface area (Å²) in [6.45, 7) is 0. The molecule has 0 saturated heterocycles. The zero-order chi connectivity index (χ0) is 13.1. The Morgan fingerprint density at radius 2 is 2.06 bits per heavy atom. The third-order valence-corrected chi connectivity index (χ3v) is 2.97. The summed E-state index contributed by atoms with van der Waals surface area (Å²) in [5.41, 5.74) is 1.67. The minimum atomic E-state index is -4.37. The van der Waals surface area contributed by atoms with Gasteiger partial charge in [0.2, 0.25) is 0 Å². The molecule has 7 heteroatoms. The van der Waals surface area contributed by atoms with E-state index in [-0.39, 0.29) is 40.4 Å². The molecule has 2 N–H and O–H groups in total. The summed E-state index contributed by atoms with van der Waals surface area (Å²) in [6.07, 6.45) is 0.0741.